The minimum atomic E-state index is -4.52. The number of nitrogens with one attached hydrogen (secondary N) is 1. The lowest BCUT2D eigenvalue weighted by Gasteiger charge is -2.18. The minimum Gasteiger partial charge on any atom is -0.479 e. The Morgan fingerprint density at radius 3 is 2.71 bits per heavy atom. The van der Waals surface area contributed by atoms with Crippen molar-refractivity contribution < 1.29 is 27.8 Å². The first kappa shape index (κ1) is 15.9. The fraction of sp³-hybridized carbons (Fsp3) is 0.462. The number of halogens is 4. The molecule has 21 heavy (non-hydrogen) atoms. The second kappa shape index (κ2) is 6.11. The minimum absolute atomic E-state index is 0.0439. The van der Waals surface area contributed by atoms with E-state index in [4.69, 9.17) is 21.4 Å². The zero-order chi connectivity index (χ0) is 15.6. The Balaban J connectivity index is 2.06. The first-order valence-electron chi connectivity index (χ1n) is 6.27. The lowest BCUT2D eigenvalue weighted by atomic mass is 10.1. The second-order valence-electron chi connectivity index (χ2n) is 4.70. The smallest absolute Gasteiger partial charge is 0.418 e. The van der Waals surface area contributed by atoms with E-state index in [2.05, 4.69) is 5.32 Å². The number of alkyl halides is 3. The van der Waals surface area contributed by atoms with Crippen molar-refractivity contribution in [3.63, 3.8) is 0 Å². The Morgan fingerprint density at radius 1 is 1.43 bits per heavy atom. The Kier molecular flexibility index (Phi) is 4.63. The summed E-state index contributed by atoms with van der Waals surface area (Å²) in [5.74, 6) is -1.06. The van der Waals surface area contributed by atoms with Crippen molar-refractivity contribution in [1.29, 1.82) is 0 Å². The molecule has 2 atom stereocenters. The summed E-state index contributed by atoms with van der Waals surface area (Å²) in [5, 5.41) is 11.4. The molecule has 1 aromatic rings. The predicted octanol–water partition coefficient (Wildman–Crippen LogP) is 3.40. The van der Waals surface area contributed by atoms with Crippen LogP contribution in [0.15, 0.2) is 18.2 Å². The fourth-order valence-electron chi connectivity index (χ4n) is 2.19. The van der Waals surface area contributed by atoms with E-state index in [9.17, 15) is 18.0 Å². The number of para-hydroxylation sites is 1. The number of aliphatic carboxylic acids is 1. The molecule has 1 fully saturated rings. The van der Waals surface area contributed by atoms with Gasteiger partial charge in [0, 0.05) is 6.54 Å². The number of hydrogen-bond acceptors (Lipinski definition) is 3. The van der Waals surface area contributed by atoms with Crippen LogP contribution in [0.2, 0.25) is 5.02 Å². The van der Waals surface area contributed by atoms with Crippen molar-refractivity contribution in [3.8, 4) is 0 Å². The van der Waals surface area contributed by atoms with E-state index in [0.717, 1.165) is 6.07 Å². The summed E-state index contributed by atoms with van der Waals surface area (Å²) in [7, 11) is 0. The van der Waals surface area contributed by atoms with E-state index in [1.165, 1.54) is 12.1 Å². The standard InChI is InChI=1S/C13H13ClF3NO3/c14-9-3-1-2-8(13(15,16)17)11(9)18-6-7-4-5-10(21-7)12(19)20/h1-3,7,10,18H,4-6H2,(H,19,20). The quantitative estimate of drug-likeness (QED) is 0.891. The van der Waals surface area contributed by atoms with Crippen LogP contribution >= 0.6 is 11.6 Å². The largest absolute Gasteiger partial charge is 0.479 e. The Labute approximate surface area is 123 Å². The SMILES string of the molecule is O=C(O)C1CCC(CNc2c(Cl)cccc2C(F)(F)F)O1. The van der Waals surface area contributed by atoms with Gasteiger partial charge in [-0.25, -0.2) is 4.79 Å². The van der Waals surface area contributed by atoms with Gasteiger partial charge in [0.05, 0.1) is 22.4 Å². The molecule has 0 saturated carbocycles. The van der Waals surface area contributed by atoms with Gasteiger partial charge in [-0.3, -0.25) is 0 Å². The highest BCUT2D eigenvalue weighted by molar-refractivity contribution is 6.33. The molecule has 0 radical (unpaired) electrons. The summed E-state index contributed by atoms with van der Waals surface area (Å²) in [6.45, 7) is 0.0661. The lowest BCUT2D eigenvalue weighted by molar-refractivity contribution is -0.149. The average molecular weight is 324 g/mol. The number of hydrogen-bond donors (Lipinski definition) is 2. The van der Waals surface area contributed by atoms with Crippen molar-refractivity contribution in [2.24, 2.45) is 0 Å². The van der Waals surface area contributed by atoms with E-state index in [1.54, 1.807) is 0 Å². The highest BCUT2D eigenvalue weighted by atomic mass is 35.5. The zero-order valence-corrected chi connectivity index (χ0v) is 11.5. The summed E-state index contributed by atoms with van der Waals surface area (Å²) in [6, 6.07) is 3.52. The van der Waals surface area contributed by atoms with Crippen LogP contribution in [0.5, 0.6) is 0 Å². The maximum atomic E-state index is 12.9. The molecule has 1 aliphatic heterocycles. The fourth-order valence-corrected chi connectivity index (χ4v) is 2.43. The Hall–Kier alpha value is -1.47. The lowest BCUT2D eigenvalue weighted by Crippen LogP contribution is -2.25. The number of carboxylic acids is 1. The molecule has 4 nitrogen and oxygen atoms in total. The first-order chi connectivity index (χ1) is 9.79. The topological polar surface area (TPSA) is 58.6 Å². The number of benzene rings is 1. The van der Waals surface area contributed by atoms with Crippen LogP contribution in [0.4, 0.5) is 18.9 Å². The van der Waals surface area contributed by atoms with Gasteiger partial charge in [-0.2, -0.15) is 13.2 Å². The highest BCUT2D eigenvalue weighted by Crippen LogP contribution is 2.38. The molecule has 1 aromatic carbocycles. The average Bonchev–Trinajstić information content (AvgIpc) is 2.85. The number of carboxylic acid groups (broad SMARTS) is 1. The third-order valence-corrected chi connectivity index (χ3v) is 3.52. The van der Waals surface area contributed by atoms with E-state index in [-0.39, 0.29) is 17.3 Å². The van der Waals surface area contributed by atoms with E-state index >= 15 is 0 Å². The molecular weight excluding hydrogens is 311 g/mol. The highest BCUT2D eigenvalue weighted by Gasteiger charge is 2.35. The van der Waals surface area contributed by atoms with Gasteiger partial charge >= 0.3 is 12.1 Å². The van der Waals surface area contributed by atoms with E-state index in [1.807, 2.05) is 0 Å². The molecule has 1 heterocycles. The van der Waals surface area contributed by atoms with Crippen molar-refractivity contribution in [2.45, 2.75) is 31.2 Å². The van der Waals surface area contributed by atoms with Crippen LogP contribution in [-0.4, -0.2) is 29.8 Å². The molecule has 116 valence electrons. The molecule has 0 spiro atoms. The van der Waals surface area contributed by atoms with Gasteiger partial charge in [-0.15, -0.1) is 0 Å². The summed E-state index contributed by atoms with van der Waals surface area (Å²) in [4.78, 5) is 10.7. The van der Waals surface area contributed by atoms with Gasteiger partial charge in [0.1, 0.15) is 0 Å². The maximum absolute atomic E-state index is 12.9. The first-order valence-corrected chi connectivity index (χ1v) is 6.64. The summed E-state index contributed by atoms with van der Waals surface area (Å²) in [5.41, 5.74) is -1.07. The van der Waals surface area contributed by atoms with Crippen molar-refractivity contribution in [2.75, 3.05) is 11.9 Å². The van der Waals surface area contributed by atoms with Crippen LogP contribution < -0.4 is 5.32 Å². The number of anilines is 1. The summed E-state index contributed by atoms with van der Waals surface area (Å²) < 4.78 is 43.9. The van der Waals surface area contributed by atoms with E-state index in [0.29, 0.717) is 12.8 Å². The summed E-state index contributed by atoms with van der Waals surface area (Å²) >= 11 is 5.80. The molecule has 0 aliphatic carbocycles. The normalized spacial score (nSPS) is 22.3. The molecule has 2 N–H and O–H groups in total. The van der Waals surface area contributed by atoms with Crippen LogP contribution in [-0.2, 0) is 15.7 Å². The molecule has 2 rings (SSSR count). The van der Waals surface area contributed by atoms with Crippen LogP contribution in [0.3, 0.4) is 0 Å². The van der Waals surface area contributed by atoms with Crippen LogP contribution in [0, 0.1) is 0 Å². The van der Waals surface area contributed by atoms with Crippen molar-refractivity contribution in [1.82, 2.24) is 0 Å². The second-order valence-corrected chi connectivity index (χ2v) is 5.11. The van der Waals surface area contributed by atoms with Crippen molar-refractivity contribution in [3.05, 3.63) is 28.8 Å². The third kappa shape index (κ3) is 3.79. The molecule has 8 heteroatoms. The number of carbonyl (C=O) groups is 1. The van der Waals surface area contributed by atoms with Gasteiger partial charge in [-0.1, -0.05) is 17.7 Å². The maximum Gasteiger partial charge on any atom is 0.418 e. The number of ether oxygens (including phenoxy) is 1. The molecule has 1 aliphatic rings. The van der Waals surface area contributed by atoms with Gasteiger partial charge in [0.25, 0.3) is 0 Å². The van der Waals surface area contributed by atoms with Crippen LogP contribution in [0.25, 0.3) is 0 Å². The summed E-state index contributed by atoms with van der Waals surface area (Å²) in [6.07, 6.45) is -5.06. The Bertz CT molecular complexity index is 536. The van der Waals surface area contributed by atoms with Crippen LogP contribution in [0.1, 0.15) is 18.4 Å². The molecule has 0 bridgehead atoms. The van der Waals surface area contributed by atoms with Gasteiger partial charge < -0.3 is 15.2 Å². The van der Waals surface area contributed by atoms with Gasteiger partial charge in [0.2, 0.25) is 0 Å². The predicted molar refractivity (Wildman–Crippen MR) is 70.5 cm³/mol. The zero-order valence-electron chi connectivity index (χ0n) is 10.8. The monoisotopic (exact) mass is 323 g/mol. The molecule has 2 unspecified atom stereocenters. The van der Waals surface area contributed by atoms with E-state index < -0.39 is 29.9 Å². The molecule has 0 aromatic heterocycles. The molecular formula is C13H13ClF3NO3. The van der Waals surface area contributed by atoms with Crippen molar-refractivity contribution >= 4 is 23.3 Å². The third-order valence-electron chi connectivity index (χ3n) is 3.21. The molecule has 1 saturated heterocycles. The molecule has 0 amide bonds. The van der Waals surface area contributed by atoms with Gasteiger partial charge in [-0.05, 0) is 25.0 Å². The van der Waals surface area contributed by atoms with Gasteiger partial charge in [0.15, 0.2) is 6.10 Å². The number of rotatable bonds is 4. The Morgan fingerprint density at radius 2 is 2.14 bits per heavy atom.